The van der Waals surface area contributed by atoms with Gasteiger partial charge in [0.05, 0.1) is 0 Å². The minimum absolute atomic E-state index is 0.293. The number of benzene rings is 1. The topological polar surface area (TPSA) is 38.3 Å². The lowest BCUT2D eigenvalue weighted by molar-refractivity contribution is 0.190. The maximum atomic E-state index is 11.5. The van der Waals surface area contributed by atoms with Gasteiger partial charge < -0.3 is 10.1 Å². The van der Waals surface area contributed by atoms with E-state index in [-0.39, 0.29) is 5.54 Å². The van der Waals surface area contributed by atoms with Crippen LogP contribution in [0.5, 0.6) is 5.75 Å². The van der Waals surface area contributed by atoms with Crippen molar-refractivity contribution in [2.45, 2.75) is 33.2 Å². The van der Waals surface area contributed by atoms with E-state index in [0.717, 1.165) is 10.0 Å². The fourth-order valence-electron chi connectivity index (χ4n) is 1.08. The zero-order chi connectivity index (χ0) is 12.3. The molecule has 0 spiro atoms. The molecule has 1 amide bonds. The Balaban J connectivity index is 2.67. The lowest BCUT2D eigenvalue weighted by Crippen LogP contribution is -2.42. The van der Waals surface area contributed by atoms with Crippen LogP contribution in [0.4, 0.5) is 4.79 Å². The molecule has 1 aromatic carbocycles. The first-order valence-corrected chi connectivity index (χ1v) is 5.83. The minimum Gasteiger partial charge on any atom is -0.410 e. The summed E-state index contributed by atoms with van der Waals surface area (Å²) in [4.78, 5) is 11.5. The van der Waals surface area contributed by atoms with Crippen LogP contribution in [-0.4, -0.2) is 11.6 Å². The largest absolute Gasteiger partial charge is 0.413 e. The van der Waals surface area contributed by atoms with E-state index < -0.39 is 6.09 Å². The lowest BCUT2D eigenvalue weighted by Gasteiger charge is -2.19. The lowest BCUT2D eigenvalue weighted by atomic mass is 10.1. The van der Waals surface area contributed by atoms with Crippen LogP contribution in [-0.2, 0) is 0 Å². The summed E-state index contributed by atoms with van der Waals surface area (Å²) < 4.78 is 6.07. The van der Waals surface area contributed by atoms with Crippen LogP contribution in [0.15, 0.2) is 22.7 Å². The molecule has 0 heterocycles. The van der Waals surface area contributed by atoms with Gasteiger partial charge >= 0.3 is 6.09 Å². The van der Waals surface area contributed by atoms with Gasteiger partial charge in [0.1, 0.15) is 5.75 Å². The summed E-state index contributed by atoms with van der Waals surface area (Å²) >= 11 is 3.39. The van der Waals surface area contributed by atoms with Gasteiger partial charge in [-0.1, -0.05) is 22.0 Å². The number of nitrogens with one attached hydrogen (secondary N) is 1. The second-order valence-electron chi connectivity index (χ2n) is 4.68. The Morgan fingerprint density at radius 2 is 2.00 bits per heavy atom. The number of aryl methyl sites for hydroxylation is 1. The third-order valence-corrected chi connectivity index (χ3v) is 2.69. The number of halogens is 1. The highest BCUT2D eigenvalue weighted by molar-refractivity contribution is 9.10. The molecule has 0 saturated heterocycles. The van der Waals surface area contributed by atoms with Crippen LogP contribution in [0, 0.1) is 6.92 Å². The van der Waals surface area contributed by atoms with E-state index >= 15 is 0 Å². The van der Waals surface area contributed by atoms with E-state index in [4.69, 9.17) is 4.74 Å². The molecule has 3 nitrogen and oxygen atoms in total. The van der Waals surface area contributed by atoms with Crippen LogP contribution in [0.1, 0.15) is 26.3 Å². The molecule has 0 saturated carbocycles. The van der Waals surface area contributed by atoms with Crippen molar-refractivity contribution in [1.82, 2.24) is 5.32 Å². The smallest absolute Gasteiger partial charge is 0.410 e. The Hall–Kier alpha value is -1.03. The average molecular weight is 286 g/mol. The molecule has 88 valence electrons. The molecule has 0 aromatic heterocycles. The van der Waals surface area contributed by atoms with Gasteiger partial charge in [-0.25, -0.2) is 4.79 Å². The molecular weight excluding hydrogens is 270 g/mol. The number of amides is 1. The van der Waals surface area contributed by atoms with E-state index in [1.165, 1.54) is 0 Å². The summed E-state index contributed by atoms with van der Waals surface area (Å²) in [7, 11) is 0. The van der Waals surface area contributed by atoms with E-state index in [0.29, 0.717) is 5.75 Å². The van der Waals surface area contributed by atoms with Gasteiger partial charge in [-0.2, -0.15) is 0 Å². The summed E-state index contributed by atoms with van der Waals surface area (Å²) in [6.45, 7) is 7.68. The average Bonchev–Trinajstić information content (AvgIpc) is 2.08. The van der Waals surface area contributed by atoms with Crippen LogP contribution in [0.3, 0.4) is 0 Å². The van der Waals surface area contributed by atoms with Crippen molar-refractivity contribution in [3.63, 3.8) is 0 Å². The van der Waals surface area contributed by atoms with Gasteiger partial charge in [0.25, 0.3) is 0 Å². The highest BCUT2D eigenvalue weighted by Crippen LogP contribution is 2.22. The third-order valence-electron chi connectivity index (χ3n) is 1.83. The van der Waals surface area contributed by atoms with Gasteiger partial charge in [0, 0.05) is 10.0 Å². The van der Waals surface area contributed by atoms with Gasteiger partial charge in [0.2, 0.25) is 0 Å². The van der Waals surface area contributed by atoms with Crippen molar-refractivity contribution in [3.05, 3.63) is 28.2 Å². The van der Waals surface area contributed by atoms with Crippen LogP contribution in [0.2, 0.25) is 0 Å². The van der Waals surface area contributed by atoms with E-state index in [1.807, 2.05) is 33.8 Å². The fourth-order valence-corrected chi connectivity index (χ4v) is 1.43. The summed E-state index contributed by atoms with van der Waals surface area (Å²) in [6, 6.07) is 5.43. The maximum absolute atomic E-state index is 11.5. The standard InChI is InChI=1S/C12H16BrNO2/c1-8-5-6-9(7-10(8)13)16-11(15)14-12(2,3)4/h5-7H,1-4H3,(H,14,15). The molecule has 0 atom stereocenters. The van der Waals surface area contributed by atoms with Crippen LogP contribution < -0.4 is 10.1 Å². The molecular formula is C12H16BrNO2. The first-order valence-electron chi connectivity index (χ1n) is 5.04. The molecule has 1 rings (SSSR count). The molecule has 0 bridgehead atoms. The molecule has 0 unspecified atom stereocenters. The Bertz CT molecular complexity index is 396. The SMILES string of the molecule is Cc1ccc(OC(=O)NC(C)(C)C)cc1Br. The van der Waals surface area contributed by atoms with Crippen molar-refractivity contribution in [2.75, 3.05) is 0 Å². The van der Waals surface area contributed by atoms with Crippen LogP contribution >= 0.6 is 15.9 Å². The number of ether oxygens (including phenoxy) is 1. The maximum Gasteiger partial charge on any atom is 0.413 e. The molecule has 16 heavy (non-hydrogen) atoms. The van der Waals surface area contributed by atoms with Gasteiger partial charge in [-0.15, -0.1) is 0 Å². The number of hydrogen-bond acceptors (Lipinski definition) is 2. The quantitative estimate of drug-likeness (QED) is 0.855. The number of carbonyl (C=O) groups is 1. The van der Waals surface area contributed by atoms with Gasteiger partial charge in [-0.3, -0.25) is 0 Å². The predicted molar refractivity (Wildman–Crippen MR) is 67.8 cm³/mol. The molecule has 1 aromatic rings. The normalized spacial score (nSPS) is 11.1. The Labute approximate surface area is 104 Å². The molecule has 0 radical (unpaired) electrons. The molecule has 0 aliphatic carbocycles. The first kappa shape index (κ1) is 13.0. The zero-order valence-electron chi connectivity index (χ0n) is 9.93. The molecule has 0 aliphatic rings. The van der Waals surface area contributed by atoms with E-state index in [2.05, 4.69) is 21.2 Å². The summed E-state index contributed by atoms with van der Waals surface area (Å²) in [5, 5.41) is 2.73. The highest BCUT2D eigenvalue weighted by Gasteiger charge is 2.15. The Morgan fingerprint density at radius 3 is 2.50 bits per heavy atom. The Morgan fingerprint density at radius 1 is 1.38 bits per heavy atom. The fraction of sp³-hybridized carbons (Fsp3) is 0.417. The highest BCUT2D eigenvalue weighted by atomic mass is 79.9. The van der Waals surface area contributed by atoms with Crippen molar-refractivity contribution in [3.8, 4) is 5.75 Å². The summed E-state index contributed by atoms with van der Waals surface area (Å²) in [5.41, 5.74) is 0.808. The third kappa shape index (κ3) is 4.23. The second kappa shape index (κ2) is 4.87. The van der Waals surface area contributed by atoms with Crippen molar-refractivity contribution in [2.24, 2.45) is 0 Å². The molecule has 1 N–H and O–H groups in total. The summed E-state index contributed by atoms with van der Waals surface area (Å²) in [5.74, 6) is 0.527. The van der Waals surface area contributed by atoms with E-state index in [9.17, 15) is 4.79 Å². The molecule has 0 aliphatic heterocycles. The van der Waals surface area contributed by atoms with Crippen molar-refractivity contribution in [1.29, 1.82) is 0 Å². The number of carbonyl (C=O) groups excluding carboxylic acids is 1. The van der Waals surface area contributed by atoms with Gasteiger partial charge in [0.15, 0.2) is 0 Å². The van der Waals surface area contributed by atoms with Gasteiger partial charge in [-0.05, 0) is 45.4 Å². The Kier molecular flexibility index (Phi) is 3.97. The monoisotopic (exact) mass is 285 g/mol. The predicted octanol–water partition coefficient (Wildman–Crippen LogP) is 3.64. The molecule has 4 heteroatoms. The first-order chi connectivity index (χ1) is 7.28. The van der Waals surface area contributed by atoms with Crippen LogP contribution in [0.25, 0.3) is 0 Å². The van der Waals surface area contributed by atoms with Crippen molar-refractivity contribution >= 4 is 22.0 Å². The molecule has 0 fully saturated rings. The van der Waals surface area contributed by atoms with Crippen molar-refractivity contribution < 1.29 is 9.53 Å². The summed E-state index contributed by atoms with van der Waals surface area (Å²) in [6.07, 6.45) is -0.441. The number of hydrogen-bond donors (Lipinski definition) is 1. The minimum atomic E-state index is -0.441. The van der Waals surface area contributed by atoms with E-state index in [1.54, 1.807) is 12.1 Å². The second-order valence-corrected chi connectivity index (χ2v) is 5.53. The zero-order valence-corrected chi connectivity index (χ0v) is 11.5. The number of rotatable bonds is 1.